The molecule has 0 atom stereocenters. The van der Waals surface area contributed by atoms with Crippen LogP contribution in [0.25, 0.3) is 6.20 Å². The van der Waals surface area contributed by atoms with Gasteiger partial charge >= 0.3 is 0 Å². The van der Waals surface area contributed by atoms with Crippen molar-refractivity contribution in [3.8, 4) is 0 Å². The van der Waals surface area contributed by atoms with Crippen molar-refractivity contribution in [2.75, 3.05) is 0 Å². The highest BCUT2D eigenvalue weighted by Crippen LogP contribution is 1.75. The van der Waals surface area contributed by atoms with Crippen molar-refractivity contribution in [1.29, 1.82) is 0 Å². The Morgan fingerprint density at radius 3 is 3.00 bits per heavy atom. The van der Waals surface area contributed by atoms with Crippen LogP contribution in [0.5, 0.6) is 0 Å². The van der Waals surface area contributed by atoms with Crippen LogP contribution in [-0.4, -0.2) is 26.5 Å². The van der Waals surface area contributed by atoms with Gasteiger partial charge in [-0.3, -0.25) is 4.79 Å². The van der Waals surface area contributed by atoms with Crippen molar-refractivity contribution in [2.24, 2.45) is 0 Å². The summed E-state index contributed by atoms with van der Waals surface area (Å²) in [5, 5.41) is 10.1. The average molecular weight is 124 g/mol. The molecule has 0 N–H and O–H groups in total. The number of nitrogens with zero attached hydrogens (tertiary/aromatic N) is 4. The Bertz CT molecular complexity index is 202. The molecular weight excluding hydrogens is 120 g/mol. The molecule has 9 heavy (non-hydrogen) atoms. The van der Waals surface area contributed by atoms with Crippen LogP contribution in [0.2, 0.25) is 0 Å². The molecule has 1 aromatic heterocycles. The third-order valence-corrected chi connectivity index (χ3v) is 0.682. The molecule has 0 saturated heterocycles. The summed E-state index contributed by atoms with van der Waals surface area (Å²) < 4.78 is 1.33. The molecule has 0 aromatic carbocycles. The van der Waals surface area contributed by atoms with Gasteiger partial charge in [0.05, 0.1) is 0 Å². The maximum atomic E-state index is 9.73. The highest BCUT2D eigenvalue weighted by atomic mass is 16.1. The minimum Gasteiger partial charge on any atom is -0.299 e. The van der Waals surface area contributed by atoms with E-state index in [0.717, 1.165) is 0 Å². The molecule has 0 fully saturated rings. The van der Waals surface area contributed by atoms with Crippen LogP contribution in [0.3, 0.4) is 0 Å². The van der Waals surface area contributed by atoms with Crippen molar-refractivity contribution < 1.29 is 4.79 Å². The lowest BCUT2D eigenvalue weighted by molar-refractivity contribution is -0.104. The standard InChI is InChI=1S/C4H4N4O/c9-3-1-2-8-4-5-6-7-8/h1-4H/b2-1+. The summed E-state index contributed by atoms with van der Waals surface area (Å²) in [5.74, 6) is 0. The number of hydrogen-bond donors (Lipinski definition) is 0. The third kappa shape index (κ3) is 1.45. The summed E-state index contributed by atoms with van der Waals surface area (Å²) in [7, 11) is 0. The van der Waals surface area contributed by atoms with Gasteiger partial charge in [-0.1, -0.05) is 0 Å². The van der Waals surface area contributed by atoms with E-state index in [4.69, 9.17) is 0 Å². The summed E-state index contributed by atoms with van der Waals surface area (Å²) in [6.45, 7) is 0. The molecule has 1 rings (SSSR count). The molecule has 0 saturated carbocycles. The zero-order chi connectivity index (χ0) is 6.53. The Kier molecular flexibility index (Phi) is 1.69. The van der Waals surface area contributed by atoms with Gasteiger partial charge in [0, 0.05) is 6.20 Å². The van der Waals surface area contributed by atoms with Crippen LogP contribution < -0.4 is 0 Å². The van der Waals surface area contributed by atoms with Crippen molar-refractivity contribution in [2.45, 2.75) is 0 Å². The van der Waals surface area contributed by atoms with E-state index in [9.17, 15) is 4.79 Å². The zero-order valence-electron chi connectivity index (χ0n) is 4.51. The summed E-state index contributed by atoms with van der Waals surface area (Å²) in [6, 6.07) is 0. The van der Waals surface area contributed by atoms with E-state index in [2.05, 4.69) is 15.5 Å². The molecule has 5 nitrogen and oxygen atoms in total. The Labute approximate surface area is 51.0 Å². The first-order valence-electron chi connectivity index (χ1n) is 2.28. The van der Waals surface area contributed by atoms with Gasteiger partial charge in [-0.2, -0.15) is 0 Å². The highest BCUT2D eigenvalue weighted by molar-refractivity contribution is 5.69. The van der Waals surface area contributed by atoms with Crippen LogP contribution >= 0.6 is 0 Å². The lowest BCUT2D eigenvalue weighted by Crippen LogP contribution is -1.85. The second-order valence-electron chi connectivity index (χ2n) is 1.27. The van der Waals surface area contributed by atoms with Gasteiger partial charge in [0.15, 0.2) is 0 Å². The molecule has 0 aliphatic rings. The van der Waals surface area contributed by atoms with Gasteiger partial charge in [0.25, 0.3) is 0 Å². The van der Waals surface area contributed by atoms with E-state index in [1.165, 1.54) is 23.3 Å². The van der Waals surface area contributed by atoms with Gasteiger partial charge < -0.3 is 0 Å². The first kappa shape index (κ1) is 5.61. The van der Waals surface area contributed by atoms with Gasteiger partial charge in [-0.05, 0) is 16.5 Å². The molecule has 5 heteroatoms. The molecule has 1 aromatic rings. The molecule has 0 aliphatic heterocycles. The maximum Gasteiger partial charge on any atom is 0.144 e. The largest absolute Gasteiger partial charge is 0.299 e. The smallest absolute Gasteiger partial charge is 0.144 e. The second kappa shape index (κ2) is 2.71. The third-order valence-electron chi connectivity index (χ3n) is 0.682. The highest BCUT2D eigenvalue weighted by Gasteiger charge is 1.79. The number of tetrazole rings is 1. The Balaban J connectivity index is 2.67. The molecule has 1 heterocycles. The number of aromatic nitrogens is 4. The van der Waals surface area contributed by atoms with Crippen LogP contribution in [0.4, 0.5) is 0 Å². The number of hydrogen-bond acceptors (Lipinski definition) is 4. The summed E-state index contributed by atoms with van der Waals surface area (Å²) >= 11 is 0. The summed E-state index contributed by atoms with van der Waals surface area (Å²) in [6.07, 6.45) is 4.80. The molecule has 0 amide bonds. The molecule has 0 aliphatic carbocycles. The first-order chi connectivity index (χ1) is 4.43. The quantitative estimate of drug-likeness (QED) is 0.388. The predicted octanol–water partition coefficient (Wildman–Crippen LogP) is -0.657. The van der Waals surface area contributed by atoms with E-state index >= 15 is 0 Å². The number of carbonyl (C=O) groups excluding carboxylic acids is 1. The minimum absolute atomic E-state index is 0.654. The molecule has 0 spiro atoms. The monoisotopic (exact) mass is 124 g/mol. The fraction of sp³-hybridized carbons (Fsp3) is 0. The number of aldehydes is 1. The Morgan fingerprint density at radius 1 is 1.56 bits per heavy atom. The summed E-state index contributed by atoms with van der Waals surface area (Å²) in [5.41, 5.74) is 0. The fourth-order valence-corrected chi connectivity index (χ4v) is 0.360. The second-order valence-corrected chi connectivity index (χ2v) is 1.27. The van der Waals surface area contributed by atoms with E-state index in [1.807, 2.05) is 0 Å². The minimum atomic E-state index is 0.654. The van der Waals surface area contributed by atoms with Crippen LogP contribution in [-0.2, 0) is 4.79 Å². The lowest BCUT2D eigenvalue weighted by atomic mass is 10.7. The first-order valence-corrected chi connectivity index (χ1v) is 2.28. The zero-order valence-corrected chi connectivity index (χ0v) is 4.51. The maximum absolute atomic E-state index is 9.73. The van der Waals surface area contributed by atoms with E-state index in [1.54, 1.807) is 0 Å². The average Bonchev–Trinajstić information content (AvgIpc) is 2.34. The molecule has 0 radical (unpaired) electrons. The van der Waals surface area contributed by atoms with Crippen LogP contribution in [0.15, 0.2) is 12.4 Å². The van der Waals surface area contributed by atoms with E-state index < -0.39 is 0 Å². The molecular formula is C4H4N4O. The normalized spacial score (nSPS) is 10.2. The van der Waals surface area contributed by atoms with Gasteiger partial charge in [-0.15, -0.1) is 5.10 Å². The van der Waals surface area contributed by atoms with Gasteiger partial charge in [-0.25, -0.2) is 4.68 Å². The van der Waals surface area contributed by atoms with Gasteiger partial charge in [0.2, 0.25) is 0 Å². The SMILES string of the molecule is O=C/C=C/n1cnnn1. The van der Waals surface area contributed by atoms with E-state index in [0.29, 0.717) is 6.29 Å². The fourth-order valence-electron chi connectivity index (χ4n) is 0.360. The molecule has 46 valence electrons. The van der Waals surface area contributed by atoms with E-state index in [-0.39, 0.29) is 0 Å². The van der Waals surface area contributed by atoms with Crippen LogP contribution in [0.1, 0.15) is 0 Å². The molecule has 0 bridgehead atoms. The van der Waals surface area contributed by atoms with Crippen LogP contribution in [0, 0.1) is 0 Å². The topological polar surface area (TPSA) is 60.7 Å². The van der Waals surface area contributed by atoms with Crippen molar-refractivity contribution >= 4 is 12.5 Å². The summed E-state index contributed by atoms with van der Waals surface area (Å²) in [4.78, 5) is 9.73. The van der Waals surface area contributed by atoms with Crippen molar-refractivity contribution in [1.82, 2.24) is 20.2 Å². The lowest BCUT2D eigenvalue weighted by Gasteiger charge is -1.78. The van der Waals surface area contributed by atoms with Gasteiger partial charge in [0.1, 0.15) is 12.6 Å². The Hall–Kier alpha value is -1.52. The Morgan fingerprint density at radius 2 is 2.44 bits per heavy atom. The number of rotatable bonds is 2. The van der Waals surface area contributed by atoms with Crippen molar-refractivity contribution in [3.05, 3.63) is 12.4 Å². The van der Waals surface area contributed by atoms with Crippen molar-refractivity contribution in [3.63, 3.8) is 0 Å². The number of allylic oxidation sites excluding steroid dienone is 1. The predicted molar refractivity (Wildman–Crippen MR) is 29.2 cm³/mol. The molecule has 0 unspecified atom stereocenters. The number of carbonyl (C=O) groups is 1.